The zero-order valence-corrected chi connectivity index (χ0v) is 7.82. The van der Waals surface area contributed by atoms with Gasteiger partial charge >= 0.3 is 0 Å². The molecule has 3 nitrogen and oxygen atoms in total. The van der Waals surface area contributed by atoms with Crippen LogP contribution in [0.2, 0.25) is 0 Å². The minimum atomic E-state index is 0.0225. The van der Waals surface area contributed by atoms with Crippen molar-refractivity contribution in [1.82, 2.24) is 4.98 Å². The quantitative estimate of drug-likeness (QED) is 0.686. The Bertz CT molecular complexity index is 451. The summed E-state index contributed by atoms with van der Waals surface area (Å²) in [6.07, 6.45) is 0.0225. The van der Waals surface area contributed by atoms with Crippen molar-refractivity contribution in [2.24, 2.45) is 0 Å². The smallest absolute Gasteiger partial charge is 0.172 e. The third-order valence-corrected chi connectivity index (χ3v) is 2.33. The molecule has 1 aromatic carbocycles. The molecule has 0 amide bonds. The van der Waals surface area contributed by atoms with Crippen molar-refractivity contribution in [2.45, 2.75) is 13.2 Å². The number of ether oxygens (including phenoxy) is 1. The van der Waals surface area contributed by atoms with Gasteiger partial charge in [-0.05, 0) is 19.1 Å². The Labute approximate surface area is 81.7 Å². The van der Waals surface area contributed by atoms with Crippen LogP contribution < -0.4 is 10.1 Å². The summed E-state index contributed by atoms with van der Waals surface area (Å²) in [5, 5.41) is 4.27. The van der Waals surface area contributed by atoms with Gasteiger partial charge in [-0.2, -0.15) is 0 Å². The van der Waals surface area contributed by atoms with Crippen LogP contribution in [0.1, 0.15) is 6.92 Å². The van der Waals surface area contributed by atoms with E-state index in [-0.39, 0.29) is 6.23 Å². The van der Waals surface area contributed by atoms with E-state index in [4.69, 9.17) is 4.74 Å². The van der Waals surface area contributed by atoms with Gasteiger partial charge < -0.3 is 10.1 Å². The number of para-hydroxylation sites is 1. The van der Waals surface area contributed by atoms with Crippen molar-refractivity contribution >= 4 is 16.7 Å². The predicted octanol–water partition coefficient (Wildman–Crippen LogP) is 2.39. The van der Waals surface area contributed by atoms with E-state index in [1.165, 1.54) is 0 Å². The van der Waals surface area contributed by atoms with Gasteiger partial charge in [0.05, 0.1) is 5.52 Å². The van der Waals surface area contributed by atoms with Crippen LogP contribution in [0.4, 0.5) is 5.82 Å². The second kappa shape index (κ2) is 2.61. The molecule has 1 aliphatic rings. The molecule has 14 heavy (non-hydrogen) atoms. The second-order valence-electron chi connectivity index (χ2n) is 3.43. The van der Waals surface area contributed by atoms with Gasteiger partial charge in [0.1, 0.15) is 0 Å². The molecule has 0 bridgehead atoms. The maximum Gasteiger partial charge on any atom is 0.172 e. The first kappa shape index (κ1) is 7.62. The average molecular weight is 186 g/mol. The van der Waals surface area contributed by atoms with E-state index in [0.717, 1.165) is 22.5 Å². The molecule has 3 rings (SSSR count). The van der Waals surface area contributed by atoms with Crippen LogP contribution in [0, 0.1) is 0 Å². The van der Waals surface area contributed by atoms with E-state index in [1.807, 2.05) is 37.3 Å². The molecule has 0 fully saturated rings. The highest BCUT2D eigenvalue weighted by atomic mass is 16.5. The van der Waals surface area contributed by atoms with Gasteiger partial charge in [-0.1, -0.05) is 18.2 Å². The molecule has 1 unspecified atom stereocenters. The molecule has 0 aliphatic carbocycles. The van der Waals surface area contributed by atoms with E-state index >= 15 is 0 Å². The van der Waals surface area contributed by atoms with E-state index in [2.05, 4.69) is 10.3 Å². The van der Waals surface area contributed by atoms with Gasteiger partial charge in [0.25, 0.3) is 0 Å². The molecule has 1 aromatic heterocycles. The van der Waals surface area contributed by atoms with Crippen LogP contribution in [0.3, 0.4) is 0 Å². The first-order valence-corrected chi connectivity index (χ1v) is 4.66. The lowest BCUT2D eigenvalue weighted by Crippen LogP contribution is -2.14. The van der Waals surface area contributed by atoms with Crippen molar-refractivity contribution in [3.05, 3.63) is 30.3 Å². The highest BCUT2D eigenvalue weighted by Gasteiger charge is 2.19. The highest BCUT2D eigenvalue weighted by Crippen LogP contribution is 2.32. The monoisotopic (exact) mass is 186 g/mol. The van der Waals surface area contributed by atoms with E-state index in [0.29, 0.717) is 0 Å². The number of hydrogen-bond acceptors (Lipinski definition) is 3. The van der Waals surface area contributed by atoms with E-state index in [1.54, 1.807) is 0 Å². The number of rotatable bonds is 0. The standard InChI is InChI=1S/C11H10N2O/c1-7-12-11-10(14-7)6-8-4-2-3-5-9(8)13-11/h2-7H,1H3,(H,12,13). The van der Waals surface area contributed by atoms with Gasteiger partial charge in [0, 0.05) is 5.39 Å². The molecule has 3 heteroatoms. The number of fused-ring (bicyclic) bond motifs is 2. The number of aromatic nitrogens is 1. The topological polar surface area (TPSA) is 34.2 Å². The Morgan fingerprint density at radius 3 is 3.14 bits per heavy atom. The lowest BCUT2D eigenvalue weighted by atomic mass is 10.2. The van der Waals surface area contributed by atoms with Crippen LogP contribution >= 0.6 is 0 Å². The number of hydrogen-bond donors (Lipinski definition) is 1. The van der Waals surface area contributed by atoms with Gasteiger partial charge in [-0.15, -0.1) is 0 Å². The molecule has 70 valence electrons. The summed E-state index contributed by atoms with van der Waals surface area (Å²) in [5.41, 5.74) is 0.997. The van der Waals surface area contributed by atoms with Crippen molar-refractivity contribution in [3.8, 4) is 5.75 Å². The molecule has 0 spiro atoms. The lowest BCUT2D eigenvalue weighted by Gasteiger charge is -2.00. The molecule has 0 radical (unpaired) electrons. The summed E-state index contributed by atoms with van der Waals surface area (Å²) >= 11 is 0. The third-order valence-electron chi connectivity index (χ3n) is 2.33. The van der Waals surface area contributed by atoms with Crippen LogP contribution in [-0.4, -0.2) is 11.2 Å². The number of benzene rings is 1. The van der Waals surface area contributed by atoms with Gasteiger partial charge in [-0.25, -0.2) is 4.98 Å². The lowest BCUT2D eigenvalue weighted by molar-refractivity contribution is 0.275. The fourth-order valence-corrected chi connectivity index (χ4v) is 1.70. The Kier molecular flexibility index (Phi) is 1.42. The molecule has 1 atom stereocenters. The van der Waals surface area contributed by atoms with Crippen LogP contribution in [0.5, 0.6) is 5.75 Å². The van der Waals surface area contributed by atoms with Crippen molar-refractivity contribution in [1.29, 1.82) is 0 Å². The Morgan fingerprint density at radius 1 is 1.36 bits per heavy atom. The highest BCUT2D eigenvalue weighted by molar-refractivity contribution is 5.83. The van der Waals surface area contributed by atoms with Crippen LogP contribution in [0.25, 0.3) is 10.9 Å². The van der Waals surface area contributed by atoms with E-state index < -0.39 is 0 Å². The minimum Gasteiger partial charge on any atom is -0.467 e. The molecule has 1 aliphatic heterocycles. The zero-order valence-electron chi connectivity index (χ0n) is 7.82. The first-order valence-electron chi connectivity index (χ1n) is 4.66. The van der Waals surface area contributed by atoms with Crippen LogP contribution in [-0.2, 0) is 0 Å². The summed E-state index contributed by atoms with van der Waals surface area (Å²) in [7, 11) is 0. The number of nitrogens with zero attached hydrogens (tertiary/aromatic N) is 1. The molecule has 0 saturated carbocycles. The summed E-state index contributed by atoms with van der Waals surface area (Å²) in [4.78, 5) is 4.47. The maximum atomic E-state index is 5.54. The summed E-state index contributed by atoms with van der Waals surface area (Å²) in [5.74, 6) is 1.69. The minimum absolute atomic E-state index is 0.0225. The zero-order chi connectivity index (χ0) is 9.54. The third kappa shape index (κ3) is 1.02. The fourth-order valence-electron chi connectivity index (χ4n) is 1.70. The molecule has 0 saturated heterocycles. The molecular weight excluding hydrogens is 176 g/mol. The first-order chi connectivity index (χ1) is 6.83. The number of anilines is 1. The Hall–Kier alpha value is -1.77. The molecule has 2 aromatic rings. The predicted molar refractivity (Wildman–Crippen MR) is 55.5 cm³/mol. The average Bonchev–Trinajstić information content (AvgIpc) is 2.53. The van der Waals surface area contributed by atoms with Crippen molar-refractivity contribution in [2.75, 3.05) is 5.32 Å². The number of pyridine rings is 1. The SMILES string of the molecule is CC1Nc2nc3ccccc3cc2O1. The maximum absolute atomic E-state index is 5.54. The Balaban J connectivity index is 2.27. The molecule has 2 heterocycles. The van der Waals surface area contributed by atoms with Crippen LogP contribution in [0.15, 0.2) is 30.3 Å². The Morgan fingerprint density at radius 2 is 2.21 bits per heavy atom. The van der Waals surface area contributed by atoms with Crippen molar-refractivity contribution in [3.63, 3.8) is 0 Å². The number of nitrogens with one attached hydrogen (secondary N) is 1. The summed E-state index contributed by atoms with van der Waals surface area (Å²) in [6, 6.07) is 10.0. The fraction of sp³-hybridized carbons (Fsp3) is 0.182. The van der Waals surface area contributed by atoms with Crippen molar-refractivity contribution < 1.29 is 4.74 Å². The summed E-state index contributed by atoms with van der Waals surface area (Å²) < 4.78 is 5.54. The van der Waals surface area contributed by atoms with Gasteiger partial charge in [0.15, 0.2) is 17.8 Å². The van der Waals surface area contributed by atoms with Gasteiger partial charge in [-0.3, -0.25) is 0 Å². The molecule has 1 N–H and O–H groups in total. The normalized spacial score (nSPS) is 18.8. The molecular formula is C11H10N2O. The second-order valence-corrected chi connectivity index (χ2v) is 3.43. The van der Waals surface area contributed by atoms with E-state index in [9.17, 15) is 0 Å². The summed E-state index contributed by atoms with van der Waals surface area (Å²) in [6.45, 7) is 1.96. The largest absolute Gasteiger partial charge is 0.467 e. The van der Waals surface area contributed by atoms with Gasteiger partial charge in [0.2, 0.25) is 0 Å².